The summed E-state index contributed by atoms with van der Waals surface area (Å²) >= 11 is 1.21. The molecule has 1 rings (SSSR count). The van der Waals surface area contributed by atoms with Gasteiger partial charge in [0.15, 0.2) is 0 Å². The van der Waals surface area contributed by atoms with Gasteiger partial charge in [-0.1, -0.05) is 18.7 Å². The van der Waals surface area contributed by atoms with Crippen LogP contribution < -0.4 is 0 Å². The van der Waals surface area contributed by atoms with Crippen LogP contribution in [0.5, 0.6) is 0 Å². The van der Waals surface area contributed by atoms with Crippen molar-refractivity contribution in [2.24, 2.45) is 0 Å². The van der Waals surface area contributed by atoms with E-state index in [1.807, 2.05) is 6.07 Å². The molecule has 1 unspecified atom stereocenters. The van der Waals surface area contributed by atoms with Gasteiger partial charge in [0, 0.05) is 11.3 Å². The molecular weight excluding hydrogens is 230 g/mol. The molecule has 0 fully saturated rings. The lowest BCUT2D eigenvalue weighted by molar-refractivity contribution is -0.385. The van der Waals surface area contributed by atoms with Gasteiger partial charge in [-0.3, -0.25) is 10.1 Å². The minimum Gasteiger partial charge on any atom is -0.395 e. The number of nitriles is 1. The highest BCUT2D eigenvalue weighted by molar-refractivity contribution is 7.99. The molecule has 1 aromatic rings. The van der Waals surface area contributed by atoms with Gasteiger partial charge in [0.25, 0.3) is 5.69 Å². The highest BCUT2D eigenvalue weighted by Gasteiger charge is 2.14. The molecule has 6 nitrogen and oxygen atoms in total. The Hall–Kier alpha value is -1.65. The summed E-state index contributed by atoms with van der Waals surface area (Å²) in [5.41, 5.74) is -0.0583. The van der Waals surface area contributed by atoms with Gasteiger partial charge < -0.3 is 5.11 Å². The van der Waals surface area contributed by atoms with Crippen molar-refractivity contribution in [3.8, 4) is 6.07 Å². The number of aliphatic hydroxyl groups is 1. The number of nitro groups is 1. The molecule has 0 radical (unpaired) electrons. The van der Waals surface area contributed by atoms with Crippen molar-refractivity contribution in [3.05, 3.63) is 27.9 Å². The monoisotopic (exact) mass is 239 g/mol. The molecule has 7 heteroatoms. The van der Waals surface area contributed by atoms with Gasteiger partial charge in [0.05, 0.1) is 17.1 Å². The lowest BCUT2D eigenvalue weighted by Crippen LogP contribution is -2.03. The molecule has 0 bridgehead atoms. The van der Waals surface area contributed by atoms with Crippen LogP contribution in [-0.4, -0.2) is 26.9 Å². The molecule has 0 spiro atoms. The van der Waals surface area contributed by atoms with Crippen molar-refractivity contribution in [1.82, 2.24) is 4.98 Å². The van der Waals surface area contributed by atoms with E-state index in [9.17, 15) is 10.1 Å². The summed E-state index contributed by atoms with van der Waals surface area (Å²) in [5.74, 6) is 0. The molecule has 0 aliphatic rings. The van der Waals surface area contributed by atoms with E-state index in [1.165, 1.54) is 17.8 Å². The van der Waals surface area contributed by atoms with Gasteiger partial charge in [0.1, 0.15) is 17.3 Å². The maximum absolute atomic E-state index is 10.5. The Balaban J connectivity index is 3.03. The summed E-state index contributed by atoms with van der Waals surface area (Å²) in [6, 6.07) is 3.03. The molecule has 0 aromatic carbocycles. The van der Waals surface area contributed by atoms with Crippen LogP contribution in [0.1, 0.15) is 12.5 Å². The minimum absolute atomic E-state index is 0.0474. The number of hydrogen-bond acceptors (Lipinski definition) is 6. The van der Waals surface area contributed by atoms with Crippen LogP contribution in [0.25, 0.3) is 0 Å². The van der Waals surface area contributed by atoms with Crippen LogP contribution in [0, 0.1) is 21.4 Å². The largest absolute Gasteiger partial charge is 0.395 e. The molecule has 0 saturated heterocycles. The number of aromatic nitrogens is 1. The van der Waals surface area contributed by atoms with E-state index >= 15 is 0 Å². The van der Waals surface area contributed by atoms with Gasteiger partial charge in [-0.25, -0.2) is 4.98 Å². The Kier molecular flexibility index (Phi) is 4.22. The number of thioether (sulfide) groups is 1. The van der Waals surface area contributed by atoms with Crippen LogP contribution in [-0.2, 0) is 0 Å². The van der Waals surface area contributed by atoms with Crippen molar-refractivity contribution < 1.29 is 10.0 Å². The number of rotatable bonds is 4. The molecule has 16 heavy (non-hydrogen) atoms. The van der Waals surface area contributed by atoms with Gasteiger partial charge in [-0.05, 0) is 0 Å². The van der Waals surface area contributed by atoms with E-state index in [-0.39, 0.29) is 23.1 Å². The zero-order valence-electron chi connectivity index (χ0n) is 8.45. The second kappa shape index (κ2) is 5.44. The van der Waals surface area contributed by atoms with Crippen molar-refractivity contribution >= 4 is 17.4 Å². The van der Waals surface area contributed by atoms with Gasteiger partial charge >= 0.3 is 0 Å². The lowest BCUT2D eigenvalue weighted by atomic mass is 10.3. The third-order valence-corrected chi connectivity index (χ3v) is 2.84. The third-order valence-electron chi connectivity index (χ3n) is 1.74. The Labute approximate surface area is 96.1 Å². The fraction of sp³-hybridized carbons (Fsp3) is 0.333. The predicted octanol–water partition coefficient (Wildman–Crippen LogP) is 1.33. The second-order valence-corrected chi connectivity index (χ2v) is 4.45. The zero-order valence-corrected chi connectivity index (χ0v) is 9.27. The van der Waals surface area contributed by atoms with Gasteiger partial charge in [0.2, 0.25) is 0 Å². The zero-order chi connectivity index (χ0) is 12.1. The molecule has 1 atom stereocenters. The fourth-order valence-electron chi connectivity index (χ4n) is 0.943. The summed E-state index contributed by atoms with van der Waals surface area (Å²) < 4.78 is 0. The van der Waals surface area contributed by atoms with E-state index in [0.717, 1.165) is 6.20 Å². The van der Waals surface area contributed by atoms with E-state index in [1.54, 1.807) is 6.92 Å². The summed E-state index contributed by atoms with van der Waals surface area (Å²) in [6.07, 6.45) is 1.10. The molecule has 84 valence electrons. The molecule has 0 aliphatic heterocycles. The Morgan fingerprint density at radius 1 is 1.81 bits per heavy atom. The van der Waals surface area contributed by atoms with Crippen molar-refractivity contribution in [1.29, 1.82) is 5.26 Å². The van der Waals surface area contributed by atoms with Crippen LogP contribution in [0.3, 0.4) is 0 Å². The van der Waals surface area contributed by atoms with Crippen LogP contribution >= 0.6 is 11.8 Å². The Morgan fingerprint density at radius 3 is 3.00 bits per heavy atom. The minimum atomic E-state index is -0.599. The normalized spacial score (nSPS) is 11.8. The van der Waals surface area contributed by atoms with Crippen LogP contribution in [0.15, 0.2) is 17.3 Å². The first-order chi connectivity index (χ1) is 7.58. The maximum atomic E-state index is 10.5. The number of aliphatic hydroxyl groups excluding tert-OH is 1. The quantitative estimate of drug-likeness (QED) is 0.483. The molecular formula is C9H9N3O3S. The number of nitrogens with zero attached hydrogens (tertiary/aromatic N) is 3. The number of pyridine rings is 1. The Morgan fingerprint density at radius 2 is 2.50 bits per heavy atom. The summed E-state index contributed by atoms with van der Waals surface area (Å²) in [5, 5.41) is 28.4. The third kappa shape index (κ3) is 2.92. The van der Waals surface area contributed by atoms with Crippen molar-refractivity contribution in [3.63, 3.8) is 0 Å². The van der Waals surface area contributed by atoms with E-state index in [4.69, 9.17) is 10.4 Å². The first-order valence-corrected chi connectivity index (χ1v) is 5.28. The molecule has 1 heterocycles. The van der Waals surface area contributed by atoms with Gasteiger partial charge in [-0.2, -0.15) is 5.26 Å². The molecule has 1 N–H and O–H groups in total. The smallest absolute Gasteiger partial charge is 0.288 e. The summed E-state index contributed by atoms with van der Waals surface area (Å²) in [4.78, 5) is 13.7. The van der Waals surface area contributed by atoms with E-state index in [0.29, 0.717) is 5.03 Å². The first-order valence-electron chi connectivity index (χ1n) is 4.40. The predicted molar refractivity (Wildman–Crippen MR) is 58.0 cm³/mol. The fourth-order valence-corrected chi connectivity index (χ4v) is 1.74. The highest BCUT2D eigenvalue weighted by atomic mass is 32.2. The highest BCUT2D eigenvalue weighted by Crippen LogP contribution is 2.26. The molecule has 0 aliphatic carbocycles. The topological polar surface area (TPSA) is 100 Å². The Bertz CT molecular complexity index is 444. The molecule has 1 aromatic heterocycles. The van der Waals surface area contributed by atoms with Crippen molar-refractivity contribution in [2.45, 2.75) is 17.2 Å². The summed E-state index contributed by atoms with van der Waals surface area (Å²) in [6.45, 7) is 1.73. The average molecular weight is 239 g/mol. The first kappa shape index (κ1) is 12.4. The number of hydrogen-bond donors (Lipinski definition) is 1. The van der Waals surface area contributed by atoms with E-state index in [2.05, 4.69) is 4.98 Å². The lowest BCUT2D eigenvalue weighted by Gasteiger charge is -2.07. The molecule has 0 amide bonds. The van der Waals surface area contributed by atoms with Crippen LogP contribution in [0.2, 0.25) is 0 Å². The maximum Gasteiger partial charge on any atom is 0.288 e. The SMILES string of the molecule is CC(CO)Sc1ncc([N+](=O)[O-])cc1C#N. The van der Waals surface area contributed by atoms with Crippen LogP contribution in [0.4, 0.5) is 5.69 Å². The standard InChI is InChI=1S/C9H9N3O3S/c1-6(5-13)16-9-7(3-10)2-8(4-11-9)12(14)15/h2,4,6,13H,5H2,1H3. The summed E-state index contributed by atoms with van der Waals surface area (Å²) in [7, 11) is 0. The second-order valence-electron chi connectivity index (χ2n) is 3.03. The van der Waals surface area contributed by atoms with Gasteiger partial charge in [-0.15, -0.1) is 0 Å². The molecule has 0 saturated carbocycles. The van der Waals surface area contributed by atoms with Crippen molar-refractivity contribution in [2.75, 3.05) is 6.61 Å². The van der Waals surface area contributed by atoms with E-state index < -0.39 is 4.92 Å². The average Bonchev–Trinajstić information content (AvgIpc) is 2.29.